The number of thioether (sulfide) groups is 1. The molecule has 84 valence electrons. The van der Waals surface area contributed by atoms with Crippen molar-refractivity contribution in [1.82, 2.24) is 0 Å². The van der Waals surface area contributed by atoms with Gasteiger partial charge >= 0.3 is 12.1 Å². The van der Waals surface area contributed by atoms with E-state index in [9.17, 15) is 18.0 Å². The van der Waals surface area contributed by atoms with Gasteiger partial charge in [-0.05, 0) is 6.92 Å². The third-order valence-corrected chi connectivity index (χ3v) is 2.17. The van der Waals surface area contributed by atoms with E-state index in [1.165, 1.54) is 0 Å². The van der Waals surface area contributed by atoms with Crippen molar-refractivity contribution in [3.63, 3.8) is 0 Å². The maximum atomic E-state index is 11.7. The Morgan fingerprint density at radius 1 is 1.57 bits per heavy atom. The maximum Gasteiger partial charge on any atom is 0.415 e. The van der Waals surface area contributed by atoms with E-state index in [0.717, 1.165) is 0 Å². The van der Waals surface area contributed by atoms with E-state index >= 15 is 0 Å². The summed E-state index contributed by atoms with van der Waals surface area (Å²) in [6.07, 6.45) is -7.01. The smallest absolute Gasteiger partial charge is 0.415 e. The van der Waals surface area contributed by atoms with Gasteiger partial charge in [-0.15, -0.1) is 11.8 Å². The van der Waals surface area contributed by atoms with Gasteiger partial charge in [-0.3, -0.25) is 4.79 Å². The molecule has 0 aliphatic carbocycles. The fourth-order valence-corrected chi connectivity index (χ4v) is 1.33. The normalized spacial score (nSPS) is 13.8. The van der Waals surface area contributed by atoms with Crippen molar-refractivity contribution in [2.75, 3.05) is 18.1 Å². The van der Waals surface area contributed by atoms with Gasteiger partial charge in [0, 0.05) is 5.75 Å². The average Bonchev–Trinajstić information content (AvgIpc) is 2.02. The minimum Gasteiger partial charge on any atom is -0.465 e. The van der Waals surface area contributed by atoms with Gasteiger partial charge in [0.25, 0.3) is 0 Å². The minimum absolute atomic E-state index is 0.180. The molecular weight excluding hydrogens is 221 g/mol. The second kappa shape index (κ2) is 6.13. The Bertz CT molecular complexity index is 184. The number of hydrogen-bond acceptors (Lipinski definition) is 4. The third kappa shape index (κ3) is 6.09. The van der Waals surface area contributed by atoms with Gasteiger partial charge in [-0.2, -0.15) is 13.2 Å². The number of rotatable bonds is 5. The molecular formula is C7H11F3O3S. The monoisotopic (exact) mass is 232 g/mol. The molecule has 0 aliphatic rings. The fraction of sp³-hybridized carbons (Fsp3) is 0.857. The Labute approximate surface area is 83.6 Å². The molecule has 0 spiro atoms. The second-order valence-corrected chi connectivity index (χ2v) is 3.41. The molecule has 0 aromatic rings. The number of aliphatic hydroxyl groups is 1. The van der Waals surface area contributed by atoms with Crippen molar-refractivity contribution in [1.29, 1.82) is 0 Å². The lowest BCUT2D eigenvalue weighted by molar-refractivity contribution is -0.195. The number of alkyl halides is 3. The van der Waals surface area contributed by atoms with Crippen LogP contribution in [0.3, 0.4) is 0 Å². The quantitative estimate of drug-likeness (QED) is 0.724. The Kier molecular flexibility index (Phi) is 5.94. The lowest BCUT2D eigenvalue weighted by Gasteiger charge is -2.13. The summed E-state index contributed by atoms with van der Waals surface area (Å²) in [6, 6.07) is 0. The maximum absolute atomic E-state index is 11.7. The van der Waals surface area contributed by atoms with Crippen molar-refractivity contribution in [3.8, 4) is 0 Å². The molecule has 0 saturated carbocycles. The van der Waals surface area contributed by atoms with Gasteiger partial charge in [0.2, 0.25) is 0 Å². The molecule has 1 atom stereocenters. The highest BCUT2D eigenvalue weighted by molar-refractivity contribution is 7.99. The number of esters is 1. The number of halogens is 3. The van der Waals surface area contributed by atoms with E-state index in [1.54, 1.807) is 6.92 Å². The van der Waals surface area contributed by atoms with Gasteiger partial charge in [0.15, 0.2) is 6.10 Å². The predicted molar refractivity (Wildman–Crippen MR) is 46.0 cm³/mol. The molecule has 14 heavy (non-hydrogen) atoms. The second-order valence-electron chi connectivity index (χ2n) is 2.38. The van der Waals surface area contributed by atoms with E-state index < -0.39 is 24.0 Å². The molecule has 7 heteroatoms. The predicted octanol–water partition coefficient (Wildman–Crippen LogP) is 1.21. The van der Waals surface area contributed by atoms with Crippen LogP contribution in [0.4, 0.5) is 13.2 Å². The summed E-state index contributed by atoms with van der Waals surface area (Å²) in [5.41, 5.74) is 0. The van der Waals surface area contributed by atoms with Crippen molar-refractivity contribution in [2.45, 2.75) is 19.2 Å². The zero-order valence-corrected chi connectivity index (χ0v) is 8.32. The van der Waals surface area contributed by atoms with Crippen LogP contribution in [0, 0.1) is 0 Å². The fourth-order valence-electron chi connectivity index (χ4n) is 0.551. The largest absolute Gasteiger partial charge is 0.465 e. The first-order valence-electron chi connectivity index (χ1n) is 3.86. The van der Waals surface area contributed by atoms with Crippen molar-refractivity contribution in [2.24, 2.45) is 0 Å². The Balaban J connectivity index is 3.59. The minimum atomic E-state index is -4.62. The molecule has 0 bridgehead atoms. The molecule has 0 rings (SSSR count). The first kappa shape index (κ1) is 13.6. The van der Waals surface area contributed by atoms with E-state index in [1.807, 2.05) is 0 Å². The first-order valence-corrected chi connectivity index (χ1v) is 5.01. The van der Waals surface area contributed by atoms with Crippen molar-refractivity contribution >= 4 is 17.7 Å². The number of hydrogen-bond donors (Lipinski definition) is 1. The van der Waals surface area contributed by atoms with Gasteiger partial charge in [0.05, 0.1) is 12.4 Å². The Morgan fingerprint density at radius 3 is 2.57 bits per heavy atom. The van der Waals surface area contributed by atoms with Crippen LogP contribution in [-0.2, 0) is 9.53 Å². The van der Waals surface area contributed by atoms with Crippen LogP contribution in [0.2, 0.25) is 0 Å². The van der Waals surface area contributed by atoms with Crippen LogP contribution >= 0.6 is 11.8 Å². The molecule has 0 amide bonds. The number of ether oxygens (including phenoxy) is 1. The van der Waals surface area contributed by atoms with Crippen LogP contribution in [0.5, 0.6) is 0 Å². The number of aliphatic hydroxyl groups excluding tert-OH is 1. The zero-order chi connectivity index (χ0) is 11.2. The van der Waals surface area contributed by atoms with Crippen molar-refractivity contribution < 1.29 is 27.8 Å². The molecule has 0 aromatic carbocycles. The summed E-state index contributed by atoms with van der Waals surface area (Å²) < 4.78 is 39.7. The molecule has 0 radical (unpaired) electrons. The number of carbonyl (C=O) groups is 1. The summed E-state index contributed by atoms with van der Waals surface area (Å²) in [4.78, 5) is 10.7. The Morgan fingerprint density at radius 2 is 2.14 bits per heavy atom. The SMILES string of the molecule is CCOC(=O)CSCC(O)C(F)(F)F. The first-order chi connectivity index (χ1) is 6.38. The summed E-state index contributed by atoms with van der Waals surface area (Å²) >= 11 is 0.692. The van der Waals surface area contributed by atoms with E-state index in [2.05, 4.69) is 4.74 Å². The van der Waals surface area contributed by atoms with Gasteiger partial charge < -0.3 is 9.84 Å². The summed E-state index contributed by atoms with van der Waals surface area (Å²) in [5, 5.41) is 8.53. The summed E-state index contributed by atoms with van der Waals surface area (Å²) in [5.74, 6) is -1.31. The van der Waals surface area contributed by atoms with Gasteiger partial charge in [0.1, 0.15) is 0 Å². The molecule has 0 aliphatic heterocycles. The van der Waals surface area contributed by atoms with E-state index in [4.69, 9.17) is 5.11 Å². The van der Waals surface area contributed by atoms with E-state index in [0.29, 0.717) is 11.8 Å². The molecule has 1 N–H and O–H groups in total. The Hall–Kier alpha value is -0.430. The molecule has 0 fully saturated rings. The standard InChI is InChI=1S/C7H11F3O3S/c1-2-13-6(12)4-14-3-5(11)7(8,9)10/h5,11H,2-4H2,1H3. The lowest BCUT2D eigenvalue weighted by Crippen LogP contribution is -2.31. The van der Waals surface area contributed by atoms with Crippen LogP contribution in [0.1, 0.15) is 6.92 Å². The average molecular weight is 232 g/mol. The highest BCUT2D eigenvalue weighted by atomic mass is 32.2. The highest BCUT2D eigenvalue weighted by Gasteiger charge is 2.37. The van der Waals surface area contributed by atoms with Crippen LogP contribution in [0.25, 0.3) is 0 Å². The topological polar surface area (TPSA) is 46.5 Å². The molecule has 3 nitrogen and oxygen atoms in total. The molecule has 1 unspecified atom stereocenters. The van der Waals surface area contributed by atoms with Crippen molar-refractivity contribution in [3.05, 3.63) is 0 Å². The van der Waals surface area contributed by atoms with E-state index in [-0.39, 0.29) is 12.4 Å². The van der Waals surface area contributed by atoms with Crippen LogP contribution < -0.4 is 0 Å². The van der Waals surface area contributed by atoms with Crippen LogP contribution in [-0.4, -0.2) is 41.5 Å². The molecule has 0 aromatic heterocycles. The third-order valence-electron chi connectivity index (χ3n) is 1.18. The van der Waals surface area contributed by atoms with Gasteiger partial charge in [-0.25, -0.2) is 0 Å². The van der Waals surface area contributed by atoms with Crippen LogP contribution in [0.15, 0.2) is 0 Å². The molecule has 0 heterocycles. The van der Waals surface area contributed by atoms with Gasteiger partial charge in [-0.1, -0.05) is 0 Å². The highest BCUT2D eigenvalue weighted by Crippen LogP contribution is 2.22. The summed E-state index contributed by atoms with van der Waals surface area (Å²) in [6.45, 7) is 1.80. The lowest BCUT2D eigenvalue weighted by atomic mass is 10.4. The summed E-state index contributed by atoms with van der Waals surface area (Å²) in [7, 11) is 0. The zero-order valence-electron chi connectivity index (χ0n) is 7.50. The molecule has 0 saturated heterocycles. The number of carbonyl (C=O) groups excluding carboxylic acids is 1.